The number of likely N-dealkylation sites (tertiary alicyclic amines) is 1. The molecule has 0 N–H and O–H groups in total. The SMILES string of the molecule is CCOC(=O)C1(Cc2cc(-c3ccc(F)cc3)no2)CCCN(C(=O)C2CC=CCC2)C1. The van der Waals surface area contributed by atoms with Crippen LogP contribution in [0.3, 0.4) is 0 Å². The maximum atomic E-state index is 13.2. The number of rotatable bonds is 6. The zero-order valence-electron chi connectivity index (χ0n) is 18.4. The summed E-state index contributed by atoms with van der Waals surface area (Å²) in [7, 11) is 0. The molecule has 0 spiro atoms. The molecule has 0 saturated carbocycles. The van der Waals surface area contributed by atoms with Gasteiger partial charge < -0.3 is 14.2 Å². The number of ether oxygens (including phenoxy) is 1. The van der Waals surface area contributed by atoms with Crippen LogP contribution in [0.1, 0.15) is 44.8 Å². The number of hydrogen-bond donors (Lipinski definition) is 0. The van der Waals surface area contributed by atoms with Crippen LogP contribution in [0.25, 0.3) is 11.3 Å². The van der Waals surface area contributed by atoms with Crippen LogP contribution in [0.4, 0.5) is 4.39 Å². The highest BCUT2D eigenvalue weighted by Crippen LogP contribution is 2.37. The lowest BCUT2D eigenvalue weighted by Gasteiger charge is -2.41. The molecule has 2 atom stereocenters. The van der Waals surface area contributed by atoms with E-state index in [4.69, 9.17) is 9.26 Å². The van der Waals surface area contributed by atoms with Crippen molar-refractivity contribution in [1.82, 2.24) is 10.1 Å². The standard InChI is InChI=1S/C25H29FN2O4/c1-2-31-24(30)25(13-6-14-28(17-25)23(29)19-7-4-3-5-8-19)16-21-15-22(27-32-21)18-9-11-20(26)12-10-18/h3-4,9-12,15,19H,2,5-8,13-14,16-17H2,1H3. The Morgan fingerprint density at radius 1 is 1.28 bits per heavy atom. The number of hydrogen-bond acceptors (Lipinski definition) is 5. The second-order valence-electron chi connectivity index (χ2n) is 8.71. The molecule has 4 rings (SSSR count). The summed E-state index contributed by atoms with van der Waals surface area (Å²) in [5.74, 6) is 0.0212. The Labute approximate surface area is 187 Å². The molecule has 0 bridgehead atoms. The Hall–Kier alpha value is -2.96. The molecule has 1 amide bonds. The summed E-state index contributed by atoms with van der Waals surface area (Å²) < 4.78 is 24.2. The summed E-state index contributed by atoms with van der Waals surface area (Å²) in [4.78, 5) is 28.1. The van der Waals surface area contributed by atoms with E-state index in [0.717, 1.165) is 31.2 Å². The number of carbonyl (C=O) groups is 2. The molecular formula is C25H29FN2O4. The molecule has 32 heavy (non-hydrogen) atoms. The van der Waals surface area contributed by atoms with E-state index in [2.05, 4.69) is 17.3 Å². The van der Waals surface area contributed by atoms with Gasteiger partial charge in [-0.05, 0) is 63.3 Å². The van der Waals surface area contributed by atoms with Crippen molar-refractivity contribution >= 4 is 11.9 Å². The van der Waals surface area contributed by atoms with Crippen molar-refractivity contribution in [2.45, 2.75) is 45.4 Å². The number of esters is 1. The molecule has 170 valence electrons. The second-order valence-corrected chi connectivity index (χ2v) is 8.71. The minimum Gasteiger partial charge on any atom is -0.466 e. The molecule has 1 aromatic heterocycles. The highest BCUT2D eigenvalue weighted by atomic mass is 19.1. The number of halogens is 1. The van der Waals surface area contributed by atoms with E-state index < -0.39 is 5.41 Å². The maximum Gasteiger partial charge on any atom is 0.314 e. The van der Waals surface area contributed by atoms with Gasteiger partial charge in [-0.25, -0.2) is 4.39 Å². The van der Waals surface area contributed by atoms with Crippen molar-refractivity contribution in [3.05, 3.63) is 54.1 Å². The fourth-order valence-corrected chi connectivity index (χ4v) is 4.75. The second kappa shape index (κ2) is 9.67. The van der Waals surface area contributed by atoms with E-state index in [1.54, 1.807) is 25.1 Å². The van der Waals surface area contributed by atoms with Crippen LogP contribution in [-0.4, -0.2) is 41.6 Å². The van der Waals surface area contributed by atoms with Crippen LogP contribution >= 0.6 is 0 Å². The van der Waals surface area contributed by atoms with Crippen LogP contribution in [0.15, 0.2) is 47.0 Å². The largest absolute Gasteiger partial charge is 0.466 e. The van der Waals surface area contributed by atoms with Gasteiger partial charge in [0.05, 0.1) is 12.0 Å². The normalized spacial score (nSPS) is 23.2. The predicted octanol–water partition coefficient (Wildman–Crippen LogP) is 4.55. The lowest BCUT2D eigenvalue weighted by molar-refractivity contribution is -0.161. The number of aromatic nitrogens is 1. The molecule has 7 heteroatoms. The number of benzene rings is 1. The quantitative estimate of drug-likeness (QED) is 0.487. The molecule has 6 nitrogen and oxygen atoms in total. The highest BCUT2D eigenvalue weighted by molar-refractivity contribution is 5.82. The van der Waals surface area contributed by atoms with Crippen LogP contribution in [0.5, 0.6) is 0 Å². The van der Waals surface area contributed by atoms with Gasteiger partial charge >= 0.3 is 5.97 Å². The molecular weight excluding hydrogens is 411 g/mol. The molecule has 1 aliphatic heterocycles. The Kier molecular flexibility index (Phi) is 6.72. The molecule has 2 unspecified atom stereocenters. The maximum absolute atomic E-state index is 13.2. The third kappa shape index (κ3) is 4.76. The highest BCUT2D eigenvalue weighted by Gasteiger charge is 2.46. The van der Waals surface area contributed by atoms with Crippen molar-refractivity contribution in [1.29, 1.82) is 0 Å². The third-order valence-corrected chi connectivity index (χ3v) is 6.43. The van der Waals surface area contributed by atoms with Gasteiger partial charge in [-0.1, -0.05) is 17.3 Å². The summed E-state index contributed by atoms with van der Waals surface area (Å²) in [5.41, 5.74) is 0.447. The summed E-state index contributed by atoms with van der Waals surface area (Å²) >= 11 is 0. The lowest BCUT2D eigenvalue weighted by Crippen LogP contribution is -2.53. The topological polar surface area (TPSA) is 72.6 Å². The summed E-state index contributed by atoms with van der Waals surface area (Å²) in [6, 6.07) is 7.79. The molecule has 2 heterocycles. The van der Waals surface area contributed by atoms with Crippen molar-refractivity contribution in [2.75, 3.05) is 19.7 Å². The first kappa shape index (κ1) is 22.2. The van der Waals surface area contributed by atoms with Gasteiger partial charge in [-0.15, -0.1) is 0 Å². The number of allylic oxidation sites excluding steroid dienone is 2. The molecule has 1 saturated heterocycles. The third-order valence-electron chi connectivity index (χ3n) is 6.43. The molecule has 2 aliphatic rings. The van der Waals surface area contributed by atoms with Gasteiger partial charge in [0.1, 0.15) is 17.3 Å². The number of nitrogens with zero attached hydrogens (tertiary/aromatic N) is 2. The summed E-state index contributed by atoms with van der Waals surface area (Å²) in [5, 5.41) is 4.11. The fraction of sp³-hybridized carbons (Fsp3) is 0.480. The Bertz CT molecular complexity index is 984. The van der Waals surface area contributed by atoms with Gasteiger partial charge in [0, 0.05) is 37.1 Å². The number of amides is 1. The van der Waals surface area contributed by atoms with Gasteiger partial charge in [0.15, 0.2) is 0 Å². The summed E-state index contributed by atoms with van der Waals surface area (Å²) in [6.07, 6.45) is 8.35. The van der Waals surface area contributed by atoms with Crippen LogP contribution in [0, 0.1) is 17.2 Å². The van der Waals surface area contributed by atoms with Crippen LogP contribution < -0.4 is 0 Å². The summed E-state index contributed by atoms with van der Waals surface area (Å²) in [6.45, 7) is 3.03. The molecule has 1 fully saturated rings. The lowest BCUT2D eigenvalue weighted by atomic mass is 9.75. The molecule has 2 aromatic rings. The van der Waals surface area contributed by atoms with E-state index in [9.17, 15) is 14.0 Å². The average molecular weight is 441 g/mol. The number of piperidine rings is 1. The van der Waals surface area contributed by atoms with Crippen molar-refractivity contribution in [2.24, 2.45) is 11.3 Å². The molecule has 1 aromatic carbocycles. The van der Waals surface area contributed by atoms with Crippen LogP contribution in [-0.2, 0) is 20.7 Å². The van der Waals surface area contributed by atoms with Crippen molar-refractivity contribution in [3.63, 3.8) is 0 Å². The first-order chi connectivity index (χ1) is 15.5. The van der Waals surface area contributed by atoms with Crippen LogP contribution in [0.2, 0.25) is 0 Å². The van der Waals surface area contributed by atoms with Crippen molar-refractivity contribution < 1.29 is 23.2 Å². The van der Waals surface area contributed by atoms with Crippen molar-refractivity contribution in [3.8, 4) is 11.3 Å². The first-order valence-corrected chi connectivity index (χ1v) is 11.3. The van der Waals surface area contributed by atoms with E-state index in [1.807, 2.05) is 4.90 Å². The minimum atomic E-state index is -0.867. The molecule has 1 aliphatic carbocycles. The number of carbonyl (C=O) groups excluding carboxylic acids is 2. The van der Waals surface area contributed by atoms with E-state index >= 15 is 0 Å². The van der Waals surface area contributed by atoms with Gasteiger partial charge in [0.25, 0.3) is 0 Å². The Balaban J connectivity index is 1.55. The van der Waals surface area contributed by atoms with E-state index in [0.29, 0.717) is 37.4 Å². The molecule has 0 radical (unpaired) electrons. The zero-order valence-corrected chi connectivity index (χ0v) is 18.4. The van der Waals surface area contributed by atoms with E-state index in [1.165, 1.54) is 12.1 Å². The monoisotopic (exact) mass is 440 g/mol. The first-order valence-electron chi connectivity index (χ1n) is 11.3. The van der Waals surface area contributed by atoms with Gasteiger partial charge in [0.2, 0.25) is 5.91 Å². The van der Waals surface area contributed by atoms with Gasteiger partial charge in [-0.3, -0.25) is 9.59 Å². The Morgan fingerprint density at radius 2 is 2.09 bits per heavy atom. The van der Waals surface area contributed by atoms with E-state index in [-0.39, 0.29) is 30.2 Å². The van der Waals surface area contributed by atoms with Gasteiger partial charge in [-0.2, -0.15) is 0 Å². The fourth-order valence-electron chi connectivity index (χ4n) is 4.75. The smallest absolute Gasteiger partial charge is 0.314 e. The average Bonchev–Trinajstić information content (AvgIpc) is 3.28. The predicted molar refractivity (Wildman–Crippen MR) is 117 cm³/mol. The minimum absolute atomic E-state index is 0.0200. The Morgan fingerprint density at radius 3 is 2.81 bits per heavy atom. The zero-order chi connectivity index (χ0) is 22.6.